The standard InChI is InChI=1S/C23H20Cl2N4O2/c1-14(30)29-10-8-16(9-11-29)27-28-23(31)18-13-22(15-6-7-19(24)20(25)12-15)26-21-5-3-2-4-17(18)21/h2-7,12-13H,8-11H2,1H3,(H,28,31). The Labute approximate surface area is 189 Å². The molecule has 0 atom stereocenters. The molecule has 2 heterocycles. The molecule has 6 nitrogen and oxygen atoms in total. The Morgan fingerprint density at radius 2 is 1.77 bits per heavy atom. The van der Waals surface area contributed by atoms with Crippen LogP contribution in [0.3, 0.4) is 0 Å². The first kappa shape index (κ1) is 21.3. The minimum absolute atomic E-state index is 0.0566. The number of hydrogen-bond acceptors (Lipinski definition) is 4. The number of hydrogen-bond donors (Lipinski definition) is 1. The van der Waals surface area contributed by atoms with E-state index in [1.54, 1.807) is 30.0 Å². The number of para-hydroxylation sites is 1. The van der Waals surface area contributed by atoms with E-state index < -0.39 is 0 Å². The van der Waals surface area contributed by atoms with Crippen LogP contribution in [0.25, 0.3) is 22.2 Å². The number of pyridine rings is 1. The topological polar surface area (TPSA) is 74.7 Å². The first-order valence-electron chi connectivity index (χ1n) is 9.89. The number of fused-ring (bicyclic) bond motifs is 1. The van der Waals surface area contributed by atoms with Crippen LogP contribution in [0.1, 0.15) is 30.1 Å². The molecular formula is C23H20Cl2N4O2. The van der Waals surface area contributed by atoms with Crippen molar-refractivity contribution in [3.63, 3.8) is 0 Å². The van der Waals surface area contributed by atoms with Crippen LogP contribution in [0.5, 0.6) is 0 Å². The van der Waals surface area contributed by atoms with Crippen LogP contribution in [0.4, 0.5) is 0 Å². The monoisotopic (exact) mass is 454 g/mol. The van der Waals surface area contributed by atoms with Gasteiger partial charge in [-0.2, -0.15) is 5.10 Å². The number of piperidine rings is 1. The summed E-state index contributed by atoms with van der Waals surface area (Å²) in [7, 11) is 0. The van der Waals surface area contributed by atoms with Gasteiger partial charge in [0.25, 0.3) is 5.91 Å². The maximum atomic E-state index is 13.0. The Balaban J connectivity index is 1.63. The number of nitrogens with one attached hydrogen (secondary N) is 1. The van der Waals surface area contributed by atoms with E-state index in [4.69, 9.17) is 23.2 Å². The zero-order valence-electron chi connectivity index (χ0n) is 16.9. The maximum absolute atomic E-state index is 13.0. The summed E-state index contributed by atoms with van der Waals surface area (Å²) in [6, 6.07) is 14.4. The van der Waals surface area contributed by atoms with Crippen molar-refractivity contribution >= 4 is 51.6 Å². The van der Waals surface area contributed by atoms with Crippen LogP contribution in [0, 0.1) is 0 Å². The highest BCUT2D eigenvalue weighted by Crippen LogP contribution is 2.30. The summed E-state index contributed by atoms with van der Waals surface area (Å²) in [6.07, 6.45) is 1.29. The number of hydrazone groups is 1. The number of likely N-dealkylation sites (tertiary alicyclic amines) is 1. The third kappa shape index (κ3) is 4.70. The Kier molecular flexibility index (Phi) is 6.20. The number of rotatable bonds is 3. The van der Waals surface area contributed by atoms with Crippen molar-refractivity contribution in [1.29, 1.82) is 0 Å². The zero-order valence-corrected chi connectivity index (χ0v) is 18.4. The van der Waals surface area contributed by atoms with Gasteiger partial charge in [-0.05, 0) is 24.3 Å². The van der Waals surface area contributed by atoms with Crippen molar-refractivity contribution in [3.05, 3.63) is 64.1 Å². The van der Waals surface area contributed by atoms with Crippen molar-refractivity contribution in [2.75, 3.05) is 13.1 Å². The lowest BCUT2D eigenvalue weighted by Crippen LogP contribution is -2.37. The second kappa shape index (κ2) is 9.04. The minimum atomic E-state index is -0.318. The Morgan fingerprint density at radius 3 is 2.48 bits per heavy atom. The fourth-order valence-electron chi connectivity index (χ4n) is 3.55. The van der Waals surface area contributed by atoms with E-state index in [0.717, 1.165) is 16.7 Å². The zero-order chi connectivity index (χ0) is 22.0. The van der Waals surface area contributed by atoms with Crippen molar-refractivity contribution in [1.82, 2.24) is 15.3 Å². The van der Waals surface area contributed by atoms with E-state index in [1.165, 1.54) is 0 Å². The van der Waals surface area contributed by atoms with Gasteiger partial charge in [0.2, 0.25) is 5.91 Å². The molecule has 158 valence electrons. The molecule has 1 N–H and O–H groups in total. The summed E-state index contributed by atoms with van der Waals surface area (Å²) in [5.74, 6) is -0.261. The highest BCUT2D eigenvalue weighted by molar-refractivity contribution is 6.42. The van der Waals surface area contributed by atoms with Gasteiger partial charge in [-0.25, -0.2) is 10.4 Å². The SMILES string of the molecule is CC(=O)N1CCC(=NNC(=O)c2cc(-c3ccc(Cl)c(Cl)c3)nc3ccccc23)CC1. The van der Waals surface area contributed by atoms with Crippen LogP contribution in [0.15, 0.2) is 53.6 Å². The van der Waals surface area contributed by atoms with E-state index in [-0.39, 0.29) is 11.8 Å². The highest BCUT2D eigenvalue weighted by atomic mass is 35.5. The maximum Gasteiger partial charge on any atom is 0.272 e. The molecule has 1 fully saturated rings. The van der Waals surface area contributed by atoms with E-state index in [1.807, 2.05) is 30.3 Å². The largest absolute Gasteiger partial charge is 0.342 e. The number of aromatic nitrogens is 1. The fourth-order valence-corrected chi connectivity index (χ4v) is 3.85. The molecule has 0 saturated carbocycles. The quantitative estimate of drug-likeness (QED) is 0.569. The lowest BCUT2D eigenvalue weighted by Gasteiger charge is -2.26. The molecule has 0 bridgehead atoms. The van der Waals surface area contributed by atoms with Crippen molar-refractivity contribution in [2.24, 2.45) is 5.10 Å². The summed E-state index contributed by atoms with van der Waals surface area (Å²) in [6.45, 7) is 2.79. The van der Waals surface area contributed by atoms with Crippen molar-refractivity contribution in [2.45, 2.75) is 19.8 Å². The molecule has 2 aromatic carbocycles. The van der Waals surface area contributed by atoms with Gasteiger partial charge in [0.05, 0.1) is 26.8 Å². The normalized spacial score (nSPS) is 13.9. The second-order valence-corrected chi connectivity index (χ2v) is 8.14. The predicted molar refractivity (Wildman–Crippen MR) is 124 cm³/mol. The third-order valence-corrected chi connectivity index (χ3v) is 6.02. The molecule has 0 spiro atoms. The van der Waals surface area contributed by atoms with E-state index in [0.29, 0.717) is 52.8 Å². The van der Waals surface area contributed by atoms with Gasteiger partial charge in [0.15, 0.2) is 0 Å². The first-order chi connectivity index (χ1) is 14.9. The van der Waals surface area contributed by atoms with Crippen molar-refractivity contribution < 1.29 is 9.59 Å². The van der Waals surface area contributed by atoms with Crippen LogP contribution in [0.2, 0.25) is 10.0 Å². The Hall–Kier alpha value is -2.96. The number of amides is 2. The van der Waals surface area contributed by atoms with Crippen molar-refractivity contribution in [3.8, 4) is 11.3 Å². The molecule has 0 aliphatic carbocycles. The van der Waals surface area contributed by atoms with Crippen LogP contribution < -0.4 is 5.43 Å². The minimum Gasteiger partial charge on any atom is -0.342 e. The third-order valence-electron chi connectivity index (χ3n) is 5.28. The number of nitrogens with zero attached hydrogens (tertiary/aromatic N) is 3. The Bertz CT molecular complexity index is 1200. The summed E-state index contributed by atoms with van der Waals surface area (Å²) < 4.78 is 0. The molecular weight excluding hydrogens is 435 g/mol. The predicted octanol–water partition coefficient (Wildman–Crippen LogP) is 4.94. The molecule has 2 amide bonds. The average Bonchev–Trinajstić information content (AvgIpc) is 2.78. The molecule has 0 unspecified atom stereocenters. The van der Waals surface area contributed by atoms with E-state index in [2.05, 4.69) is 15.5 Å². The number of benzene rings is 2. The lowest BCUT2D eigenvalue weighted by molar-refractivity contribution is -0.128. The molecule has 31 heavy (non-hydrogen) atoms. The molecule has 1 aromatic heterocycles. The fraction of sp³-hybridized carbons (Fsp3) is 0.217. The second-order valence-electron chi connectivity index (χ2n) is 7.33. The number of halogens is 2. The van der Waals surface area contributed by atoms with E-state index in [9.17, 15) is 9.59 Å². The molecule has 1 saturated heterocycles. The van der Waals surface area contributed by atoms with Crippen LogP contribution in [-0.4, -0.2) is 40.5 Å². The average molecular weight is 455 g/mol. The summed E-state index contributed by atoms with van der Waals surface area (Å²) in [5, 5.41) is 5.91. The summed E-state index contributed by atoms with van der Waals surface area (Å²) >= 11 is 12.2. The smallest absolute Gasteiger partial charge is 0.272 e. The lowest BCUT2D eigenvalue weighted by atomic mass is 10.0. The first-order valence-corrected chi connectivity index (χ1v) is 10.6. The summed E-state index contributed by atoms with van der Waals surface area (Å²) in [4.78, 5) is 30.9. The summed E-state index contributed by atoms with van der Waals surface area (Å²) in [5.41, 5.74) is 6.08. The van der Waals surface area contributed by atoms with Gasteiger partial charge in [0, 0.05) is 49.5 Å². The van der Waals surface area contributed by atoms with Gasteiger partial charge < -0.3 is 4.90 Å². The molecule has 8 heteroatoms. The van der Waals surface area contributed by atoms with Crippen LogP contribution >= 0.6 is 23.2 Å². The number of carbonyl (C=O) groups is 2. The molecule has 1 aliphatic heterocycles. The van der Waals surface area contributed by atoms with Gasteiger partial charge >= 0.3 is 0 Å². The highest BCUT2D eigenvalue weighted by Gasteiger charge is 2.18. The van der Waals surface area contributed by atoms with Gasteiger partial charge in [-0.15, -0.1) is 0 Å². The van der Waals surface area contributed by atoms with Gasteiger partial charge in [0.1, 0.15) is 0 Å². The Morgan fingerprint density at radius 1 is 1.03 bits per heavy atom. The number of carbonyl (C=O) groups excluding carboxylic acids is 2. The van der Waals surface area contributed by atoms with Crippen LogP contribution in [-0.2, 0) is 4.79 Å². The molecule has 0 radical (unpaired) electrons. The molecule has 4 rings (SSSR count). The molecule has 3 aromatic rings. The molecule has 1 aliphatic rings. The van der Waals surface area contributed by atoms with Gasteiger partial charge in [-0.1, -0.05) is 47.5 Å². The van der Waals surface area contributed by atoms with Gasteiger partial charge in [-0.3, -0.25) is 9.59 Å². The van der Waals surface area contributed by atoms with E-state index >= 15 is 0 Å².